The second-order valence-electron chi connectivity index (χ2n) is 3.64. The van der Waals surface area contributed by atoms with Crippen LogP contribution in [0.4, 0.5) is 0 Å². The Bertz CT molecular complexity index is 466. The maximum atomic E-state index is 10.1. The average molecular weight is 218 g/mol. The van der Waals surface area contributed by atoms with E-state index in [1.165, 1.54) is 0 Å². The molecule has 4 nitrogen and oxygen atoms in total. The summed E-state index contributed by atoms with van der Waals surface area (Å²) < 4.78 is 5.17. The summed E-state index contributed by atoms with van der Waals surface area (Å²) in [5.74, 6) is 0.820. The van der Waals surface area contributed by atoms with E-state index in [0.717, 1.165) is 16.9 Å². The highest BCUT2D eigenvalue weighted by molar-refractivity contribution is 5.38. The predicted octanol–water partition coefficient (Wildman–Crippen LogP) is 1.81. The molecule has 0 radical (unpaired) electrons. The molecule has 1 aromatic carbocycles. The summed E-state index contributed by atoms with van der Waals surface area (Å²) in [6.07, 6.45) is 0.946. The smallest absolute Gasteiger partial charge is 0.121 e. The van der Waals surface area contributed by atoms with Crippen LogP contribution in [0.3, 0.4) is 0 Å². The summed E-state index contributed by atoms with van der Waals surface area (Å²) in [6.45, 7) is 1.95. The molecule has 0 aliphatic carbocycles. The van der Waals surface area contributed by atoms with Gasteiger partial charge in [-0.1, -0.05) is 6.07 Å². The van der Waals surface area contributed by atoms with E-state index in [9.17, 15) is 5.11 Å². The van der Waals surface area contributed by atoms with Crippen molar-refractivity contribution in [3.63, 3.8) is 0 Å². The number of hydrogen-bond donors (Lipinski definition) is 2. The first kappa shape index (κ1) is 10.7. The van der Waals surface area contributed by atoms with E-state index in [-0.39, 0.29) is 0 Å². The molecular weight excluding hydrogens is 204 g/mol. The molecule has 0 fully saturated rings. The molecular formula is C12H14N2O2. The molecule has 1 heterocycles. The lowest BCUT2D eigenvalue weighted by Gasteiger charge is -2.11. The van der Waals surface area contributed by atoms with Gasteiger partial charge in [0.05, 0.1) is 12.8 Å². The van der Waals surface area contributed by atoms with Gasteiger partial charge in [0, 0.05) is 6.20 Å². The van der Waals surface area contributed by atoms with E-state index < -0.39 is 6.10 Å². The zero-order chi connectivity index (χ0) is 11.5. The fraction of sp³-hybridized carbons (Fsp3) is 0.250. The molecule has 1 aromatic heterocycles. The molecule has 0 saturated carbocycles. The molecule has 0 bridgehead atoms. The van der Waals surface area contributed by atoms with Crippen molar-refractivity contribution < 1.29 is 9.84 Å². The standard InChI is InChI=1S/C12H14N2O2/c1-8-7-9(3-4-11(8)16-2)12(15)10-5-6-13-14-10/h3-7,12,15H,1-2H3,(H,13,14). The Balaban J connectivity index is 2.31. The van der Waals surface area contributed by atoms with Gasteiger partial charge in [0.15, 0.2) is 0 Å². The Hall–Kier alpha value is -1.81. The largest absolute Gasteiger partial charge is 0.496 e. The van der Waals surface area contributed by atoms with Gasteiger partial charge in [0.2, 0.25) is 0 Å². The molecule has 2 N–H and O–H groups in total. The van der Waals surface area contributed by atoms with Crippen LogP contribution in [0.15, 0.2) is 30.5 Å². The van der Waals surface area contributed by atoms with Gasteiger partial charge in [0.1, 0.15) is 11.9 Å². The first-order valence-electron chi connectivity index (χ1n) is 5.04. The number of aliphatic hydroxyl groups excluding tert-OH is 1. The SMILES string of the molecule is COc1ccc(C(O)c2ccn[nH]2)cc1C. The third-order valence-electron chi connectivity index (χ3n) is 2.55. The van der Waals surface area contributed by atoms with E-state index in [0.29, 0.717) is 5.69 Å². The summed E-state index contributed by atoms with van der Waals surface area (Å²) in [6, 6.07) is 7.36. The minimum absolute atomic E-state index is 0.674. The first-order valence-corrected chi connectivity index (χ1v) is 5.04. The van der Waals surface area contributed by atoms with Crippen LogP contribution in [0, 0.1) is 6.92 Å². The molecule has 1 atom stereocenters. The maximum absolute atomic E-state index is 10.1. The number of aromatic amines is 1. The zero-order valence-corrected chi connectivity index (χ0v) is 9.27. The highest BCUT2D eigenvalue weighted by Crippen LogP contribution is 2.25. The fourth-order valence-electron chi connectivity index (χ4n) is 1.67. The number of nitrogens with zero attached hydrogens (tertiary/aromatic N) is 1. The third-order valence-corrected chi connectivity index (χ3v) is 2.55. The number of nitrogens with one attached hydrogen (secondary N) is 1. The number of aromatic nitrogens is 2. The lowest BCUT2D eigenvalue weighted by molar-refractivity contribution is 0.215. The molecule has 0 aliphatic rings. The molecule has 0 saturated heterocycles. The lowest BCUT2D eigenvalue weighted by Crippen LogP contribution is -2.01. The molecule has 84 valence electrons. The molecule has 0 spiro atoms. The van der Waals surface area contributed by atoms with Crippen molar-refractivity contribution in [2.45, 2.75) is 13.0 Å². The van der Waals surface area contributed by atoms with Gasteiger partial charge in [-0.2, -0.15) is 5.10 Å². The number of benzene rings is 1. The number of hydrogen-bond acceptors (Lipinski definition) is 3. The Morgan fingerprint density at radius 3 is 2.75 bits per heavy atom. The minimum atomic E-state index is -0.674. The summed E-state index contributed by atoms with van der Waals surface area (Å²) in [5, 5.41) is 16.6. The van der Waals surface area contributed by atoms with Crippen LogP contribution in [0.2, 0.25) is 0 Å². The van der Waals surface area contributed by atoms with Gasteiger partial charge in [-0.3, -0.25) is 5.10 Å². The van der Waals surface area contributed by atoms with Crippen molar-refractivity contribution in [1.82, 2.24) is 10.2 Å². The topological polar surface area (TPSA) is 58.1 Å². The number of rotatable bonds is 3. The van der Waals surface area contributed by atoms with E-state index in [1.54, 1.807) is 19.4 Å². The van der Waals surface area contributed by atoms with E-state index >= 15 is 0 Å². The van der Waals surface area contributed by atoms with Crippen molar-refractivity contribution in [2.24, 2.45) is 0 Å². The molecule has 16 heavy (non-hydrogen) atoms. The number of aryl methyl sites for hydroxylation is 1. The van der Waals surface area contributed by atoms with Crippen LogP contribution in [-0.4, -0.2) is 22.4 Å². The van der Waals surface area contributed by atoms with Gasteiger partial charge in [-0.15, -0.1) is 0 Å². The Kier molecular flexibility index (Phi) is 2.92. The number of methoxy groups -OCH3 is 1. The molecule has 1 unspecified atom stereocenters. The molecule has 2 aromatic rings. The molecule has 0 amide bonds. The monoisotopic (exact) mass is 218 g/mol. The summed E-state index contributed by atoms with van der Waals surface area (Å²) in [5.41, 5.74) is 2.51. The Morgan fingerprint density at radius 1 is 1.38 bits per heavy atom. The van der Waals surface area contributed by atoms with Gasteiger partial charge < -0.3 is 9.84 Å². The van der Waals surface area contributed by atoms with Crippen molar-refractivity contribution in [1.29, 1.82) is 0 Å². The van der Waals surface area contributed by atoms with Crippen LogP contribution in [0.1, 0.15) is 22.9 Å². The van der Waals surface area contributed by atoms with Gasteiger partial charge in [-0.05, 0) is 36.2 Å². The normalized spacial score (nSPS) is 12.4. The highest BCUT2D eigenvalue weighted by atomic mass is 16.5. The van der Waals surface area contributed by atoms with E-state index in [4.69, 9.17) is 4.74 Å². The second kappa shape index (κ2) is 4.37. The van der Waals surface area contributed by atoms with Crippen LogP contribution >= 0.6 is 0 Å². The summed E-state index contributed by atoms with van der Waals surface area (Å²) >= 11 is 0. The van der Waals surface area contributed by atoms with Crippen molar-refractivity contribution in [2.75, 3.05) is 7.11 Å². The van der Waals surface area contributed by atoms with Crippen LogP contribution in [-0.2, 0) is 0 Å². The number of aliphatic hydroxyl groups is 1. The Morgan fingerprint density at radius 2 is 2.19 bits per heavy atom. The van der Waals surface area contributed by atoms with Crippen LogP contribution < -0.4 is 4.74 Å². The van der Waals surface area contributed by atoms with Crippen molar-refractivity contribution >= 4 is 0 Å². The van der Waals surface area contributed by atoms with Crippen LogP contribution in [0.25, 0.3) is 0 Å². The molecule has 0 aliphatic heterocycles. The number of H-pyrrole nitrogens is 1. The fourth-order valence-corrected chi connectivity index (χ4v) is 1.67. The minimum Gasteiger partial charge on any atom is -0.496 e. The highest BCUT2D eigenvalue weighted by Gasteiger charge is 2.12. The van der Waals surface area contributed by atoms with Gasteiger partial charge >= 0.3 is 0 Å². The molecule has 4 heteroatoms. The average Bonchev–Trinajstić information content (AvgIpc) is 2.81. The summed E-state index contributed by atoms with van der Waals surface area (Å²) in [7, 11) is 1.63. The van der Waals surface area contributed by atoms with Gasteiger partial charge in [-0.25, -0.2) is 0 Å². The Labute approximate surface area is 93.9 Å². The van der Waals surface area contributed by atoms with Crippen molar-refractivity contribution in [3.8, 4) is 5.75 Å². The van der Waals surface area contributed by atoms with Crippen LogP contribution in [0.5, 0.6) is 5.75 Å². The molecule has 2 rings (SSSR count). The lowest BCUT2D eigenvalue weighted by atomic mass is 10.0. The zero-order valence-electron chi connectivity index (χ0n) is 9.27. The quantitative estimate of drug-likeness (QED) is 0.826. The third kappa shape index (κ3) is 1.92. The van der Waals surface area contributed by atoms with Crippen molar-refractivity contribution in [3.05, 3.63) is 47.3 Å². The van der Waals surface area contributed by atoms with E-state index in [1.807, 2.05) is 25.1 Å². The van der Waals surface area contributed by atoms with E-state index in [2.05, 4.69) is 10.2 Å². The first-order chi connectivity index (χ1) is 7.72. The predicted molar refractivity (Wildman–Crippen MR) is 60.4 cm³/mol. The maximum Gasteiger partial charge on any atom is 0.121 e. The number of ether oxygens (including phenoxy) is 1. The van der Waals surface area contributed by atoms with Gasteiger partial charge in [0.25, 0.3) is 0 Å². The summed E-state index contributed by atoms with van der Waals surface area (Å²) in [4.78, 5) is 0. The second-order valence-corrected chi connectivity index (χ2v) is 3.64.